The number of imide groups is 1. The van der Waals surface area contributed by atoms with Crippen LogP contribution in [-0.2, 0) is 0 Å². The molecule has 2 aromatic rings. The van der Waals surface area contributed by atoms with Crippen molar-refractivity contribution < 1.29 is 9.59 Å². The van der Waals surface area contributed by atoms with E-state index in [0.717, 1.165) is 4.88 Å². The van der Waals surface area contributed by atoms with E-state index in [1.165, 1.54) is 4.90 Å². The largest absolute Gasteiger partial charge is 0.336 e. The first-order valence-electron chi connectivity index (χ1n) is 6.61. The van der Waals surface area contributed by atoms with Gasteiger partial charge in [-0.15, -0.1) is 11.3 Å². The van der Waals surface area contributed by atoms with E-state index in [1.807, 2.05) is 29.8 Å². The first-order valence-corrected chi connectivity index (χ1v) is 7.49. The van der Waals surface area contributed by atoms with Crippen molar-refractivity contribution in [3.8, 4) is 0 Å². The second kappa shape index (κ2) is 5.96. The summed E-state index contributed by atoms with van der Waals surface area (Å²) in [5.74, 6) is 0. The van der Waals surface area contributed by atoms with Crippen LogP contribution in [0, 0.1) is 0 Å². The van der Waals surface area contributed by atoms with Crippen LogP contribution in [0.4, 0.5) is 9.59 Å². The minimum absolute atomic E-state index is 0.0744. The van der Waals surface area contributed by atoms with E-state index in [4.69, 9.17) is 0 Å². The predicted molar refractivity (Wildman–Crippen MR) is 78.2 cm³/mol. The zero-order chi connectivity index (χ0) is 14.7. The summed E-state index contributed by atoms with van der Waals surface area (Å²) in [7, 11) is 0. The third kappa shape index (κ3) is 2.89. The monoisotopic (exact) mass is 305 g/mol. The fourth-order valence-corrected chi connectivity index (χ4v) is 3.03. The lowest BCUT2D eigenvalue weighted by Crippen LogP contribution is -2.43. The van der Waals surface area contributed by atoms with Crippen molar-refractivity contribution in [1.82, 2.24) is 25.3 Å². The van der Waals surface area contributed by atoms with Crippen LogP contribution >= 0.6 is 11.3 Å². The average molecular weight is 305 g/mol. The Bertz CT molecular complexity index is 576. The molecule has 1 atom stereocenters. The van der Waals surface area contributed by atoms with Crippen molar-refractivity contribution in [1.29, 1.82) is 0 Å². The van der Waals surface area contributed by atoms with E-state index in [-0.39, 0.29) is 18.1 Å². The third-order valence-electron chi connectivity index (χ3n) is 3.26. The van der Waals surface area contributed by atoms with Gasteiger partial charge >= 0.3 is 12.1 Å². The number of hydrogen-bond acceptors (Lipinski definition) is 4. The van der Waals surface area contributed by atoms with Gasteiger partial charge in [-0.05, 0) is 17.5 Å². The van der Waals surface area contributed by atoms with Gasteiger partial charge in [-0.2, -0.15) is 5.10 Å². The van der Waals surface area contributed by atoms with Crippen molar-refractivity contribution in [3.63, 3.8) is 0 Å². The van der Waals surface area contributed by atoms with Crippen LogP contribution in [0.1, 0.15) is 10.9 Å². The van der Waals surface area contributed by atoms with Crippen molar-refractivity contribution >= 4 is 23.4 Å². The minimum Gasteiger partial charge on any atom is -0.336 e. The lowest BCUT2D eigenvalue weighted by molar-refractivity contribution is 0.198. The predicted octanol–water partition coefficient (Wildman–Crippen LogP) is 1.27. The summed E-state index contributed by atoms with van der Waals surface area (Å²) in [5.41, 5.74) is 0. The summed E-state index contributed by atoms with van der Waals surface area (Å²) in [6.07, 6.45) is 3.56. The van der Waals surface area contributed by atoms with E-state index in [2.05, 4.69) is 15.7 Å². The van der Waals surface area contributed by atoms with E-state index >= 15 is 0 Å². The molecule has 110 valence electrons. The quantitative estimate of drug-likeness (QED) is 0.893. The molecular formula is C13H15N5O2S. The Hall–Kier alpha value is -2.35. The van der Waals surface area contributed by atoms with Gasteiger partial charge in [0.25, 0.3) is 0 Å². The maximum absolute atomic E-state index is 12.0. The molecule has 1 saturated heterocycles. The van der Waals surface area contributed by atoms with Gasteiger partial charge in [0.1, 0.15) is 6.04 Å². The van der Waals surface area contributed by atoms with Crippen LogP contribution in [0.3, 0.4) is 0 Å². The molecule has 4 amide bonds. The number of thiophene rings is 1. The van der Waals surface area contributed by atoms with Crippen LogP contribution in [-0.4, -0.2) is 46.4 Å². The Morgan fingerprint density at radius 3 is 3.05 bits per heavy atom. The number of carbonyl (C=O) groups is 2. The zero-order valence-electron chi connectivity index (χ0n) is 11.2. The maximum atomic E-state index is 12.0. The Labute approximate surface area is 125 Å². The number of amides is 4. The van der Waals surface area contributed by atoms with Gasteiger partial charge in [0.05, 0.1) is 0 Å². The van der Waals surface area contributed by atoms with Gasteiger partial charge in [0, 0.05) is 36.9 Å². The Morgan fingerprint density at radius 2 is 2.43 bits per heavy atom. The van der Waals surface area contributed by atoms with Crippen molar-refractivity contribution in [2.24, 2.45) is 0 Å². The van der Waals surface area contributed by atoms with Crippen LogP contribution in [0.2, 0.25) is 0 Å². The van der Waals surface area contributed by atoms with Gasteiger partial charge in [0.15, 0.2) is 0 Å². The van der Waals surface area contributed by atoms with Gasteiger partial charge in [0.2, 0.25) is 0 Å². The summed E-state index contributed by atoms with van der Waals surface area (Å²) < 4.78 is 1.80. The van der Waals surface area contributed by atoms with Crippen molar-refractivity contribution in [2.45, 2.75) is 6.04 Å². The molecule has 2 aromatic heterocycles. The second-order valence-corrected chi connectivity index (χ2v) is 5.57. The molecule has 2 N–H and O–H groups in total. The maximum Gasteiger partial charge on any atom is 0.325 e. The molecule has 7 nitrogen and oxygen atoms in total. The Balaban J connectivity index is 1.68. The number of hydrogen-bond donors (Lipinski definition) is 2. The van der Waals surface area contributed by atoms with Gasteiger partial charge in [-0.25, -0.2) is 14.5 Å². The molecule has 21 heavy (non-hydrogen) atoms. The molecule has 1 fully saturated rings. The molecule has 8 heteroatoms. The molecule has 3 heterocycles. The molecule has 0 bridgehead atoms. The fraction of sp³-hybridized carbons (Fsp3) is 0.308. The molecule has 0 spiro atoms. The first-order chi connectivity index (χ1) is 10.3. The molecular weight excluding hydrogens is 290 g/mol. The normalized spacial score (nSPS) is 15.8. The molecule has 0 saturated carbocycles. The summed E-state index contributed by atoms with van der Waals surface area (Å²) in [6, 6.07) is 5.02. The average Bonchev–Trinajstić information content (AvgIpc) is 3.21. The van der Waals surface area contributed by atoms with E-state index in [9.17, 15) is 9.59 Å². The zero-order valence-corrected chi connectivity index (χ0v) is 12.0. The summed E-state index contributed by atoms with van der Waals surface area (Å²) in [6.45, 7) is 1.28. The number of rotatable bonds is 4. The van der Waals surface area contributed by atoms with E-state index in [0.29, 0.717) is 19.6 Å². The SMILES string of the molecule is O=C1NCCN1C(=O)NCC(c1cccs1)n1cccn1. The highest BCUT2D eigenvalue weighted by atomic mass is 32.1. The lowest BCUT2D eigenvalue weighted by Gasteiger charge is -2.19. The molecule has 1 aliphatic rings. The number of nitrogens with one attached hydrogen (secondary N) is 2. The molecule has 0 radical (unpaired) electrons. The highest BCUT2D eigenvalue weighted by Crippen LogP contribution is 2.21. The summed E-state index contributed by atoms with van der Waals surface area (Å²) in [5, 5.41) is 11.6. The fourth-order valence-electron chi connectivity index (χ4n) is 2.22. The Morgan fingerprint density at radius 1 is 1.52 bits per heavy atom. The highest BCUT2D eigenvalue weighted by Gasteiger charge is 2.27. The van der Waals surface area contributed by atoms with Crippen LogP contribution in [0.5, 0.6) is 0 Å². The van der Waals surface area contributed by atoms with Crippen molar-refractivity contribution in [3.05, 3.63) is 40.8 Å². The van der Waals surface area contributed by atoms with Crippen molar-refractivity contribution in [2.75, 3.05) is 19.6 Å². The van der Waals surface area contributed by atoms with Gasteiger partial charge < -0.3 is 10.6 Å². The number of nitrogens with zero attached hydrogens (tertiary/aromatic N) is 3. The number of aromatic nitrogens is 2. The smallest absolute Gasteiger partial charge is 0.325 e. The lowest BCUT2D eigenvalue weighted by atomic mass is 10.2. The van der Waals surface area contributed by atoms with Crippen LogP contribution in [0.15, 0.2) is 36.0 Å². The van der Waals surface area contributed by atoms with Gasteiger partial charge in [-0.3, -0.25) is 4.68 Å². The number of carbonyl (C=O) groups excluding carboxylic acids is 2. The van der Waals surface area contributed by atoms with Crippen LogP contribution in [0.25, 0.3) is 0 Å². The second-order valence-electron chi connectivity index (χ2n) is 4.59. The third-order valence-corrected chi connectivity index (χ3v) is 4.24. The standard InChI is InChI=1S/C13H15N5O2S/c19-12-14-5-7-17(12)13(20)15-9-10(11-3-1-8-21-11)18-6-2-4-16-18/h1-4,6,8,10H,5,7,9H2,(H,14,19)(H,15,20). The minimum atomic E-state index is -0.376. The highest BCUT2D eigenvalue weighted by molar-refractivity contribution is 7.10. The van der Waals surface area contributed by atoms with E-state index in [1.54, 1.807) is 22.2 Å². The van der Waals surface area contributed by atoms with Crippen LogP contribution < -0.4 is 10.6 Å². The molecule has 0 aromatic carbocycles. The molecule has 1 unspecified atom stereocenters. The van der Waals surface area contributed by atoms with E-state index < -0.39 is 0 Å². The Kier molecular flexibility index (Phi) is 3.87. The first kappa shape index (κ1) is 13.6. The number of urea groups is 2. The summed E-state index contributed by atoms with van der Waals surface area (Å²) >= 11 is 1.61. The molecule has 1 aliphatic heterocycles. The topological polar surface area (TPSA) is 79.3 Å². The summed E-state index contributed by atoms with van der Waals surface area (Å²) in [4.78, 5) is 25.8. The van der Waals surface area contributed by atoms with Gasteiger partial charge in [-0.1, -0.05) is 6.07 Å². The molecule has 0 aliphatic carbocycles. The molecule has 3 rings (SSSR count).